The van der Waals surface area contributed by atoms with Gasteiger partial charge in [0.1, 0.15) is 0 Å². The lowest BCUT2D eigenvalue weighted by Crippen LogP contribution is -2.39. The monoisotopic (exact) mass is 424 g/mol. The van der Waals surface area contributed by atoms with Crippen molar-refractivity contribution in [1.82, 2.24) is 5.32 Å². The van der Waals surface area contributed by atoms with Crippen molar-refractivity contribution in [3.05, 3.63) is 29.6 Å². The molecule has 0 unspecified atom stereocenters. The van der Waals surface area contributed by atoms with E-state index in [0.29, 0.717) is 23.5 Å². The number of carbonyl (C=O) groups excluding carboxylic acids is 2. The number of anilines is 2. The number of hydrogen-bond acceptors (Lipinski definition) is 3. The Bertz CT molecular complexity index is 802. The average molecular weight is 425 g/mol. The number of carbonyl (C=O) groups is 2. The van der Waals surface area contributed by atoms with Crippen molar-refractivity contribution in [2.24, 2.45) is 5.41 Å². The predicted octanol–water partition coefficient (Wildman–Crippen LogP) is 5.79. The van der Waals surface area contributed by atoms with E-state index >= 15 is 0 Å². The number of amides is 2. The first-order valence-electron chi connectivity index (χ1n) is 11.8. The summed E-state index contributed by atoms with van der Waals surface area (Å²) in [5.74, 6) is -0.0766. The molecule has 2 aliphatic rings. The second-order valence-electron chi connectivity index (χ2n) is 9.52. The Morgan fingerprint density at radius 3 is 2.45 bits per heavy atom. The van der Waals surface area contributed by atoms with Gasteiger partial charge in [0.25, 0.3) is 0 Å². The molecule has 0 radical (unpaired) electrons. The van der Waals surface area contributed by atoms with E-state index in [9.17, 15) is 9.59 Å². The van der Waals surface area contributed by atoms with Gasteiger partial charge >= 0.3 is 0 Å². The van der Waals surface area contributed by atoms with Gasteiger partial charge in [-0.05, 0) is 49.7 Å². The Labute approximate surface area is 186 Å². The Morgan fingerprint density at radius 2 is 1.74 bits per heavy atom. The molecule has 0 spiro atoms. The number of hydrogen-bond donors (Lipinski definition) is 3. The minimum absolute atomic E-state index is 0.0383. The zero-order valence-corrected chi connectivity index (χ0v) is 18.8. The minimum Gasteiger partial charge on any atom is -0.375 e. The van der Waals surface area contributed by atoms with E-state index in [2.05, 4.69) is 27.7 Å². The Morgan fingerprint density at radius 1 is 1.03 bits per heavy atom. The third-order valence-corrected chi connectivity index (χ3v) is 6.83. The van der Waals surface area contributed by atoms with Crippen LogP contribution in [0.2, 0.25) is 0 Å². The number of benzene rings is 1. The molecule has 0 aromatic heterocycles. The summed E-state index contributed by atoms with van der Waals surface area (Å²) >= 11 is 0. The van der Waals surface area contributed by atoms with Crippen LogP contribution in [0.15, 0.2) is 18.2 Å². The van der Waals surface area contributed by atoms with Gasteiger partial charge in [-0.1, -0.05) is 51.5 Å². The molecule has 0 heterocycles. The molecule has 2 aliphatic carbocycles. The van der Waals surface area contributed by atoms with Crippen molar-refractivity contribution < 1.29 is 9.59 Å². The number of nitrogens with one attached hydrogen (secondary N) is 3. The van der Waals surface area contributed by atoms with Crippen LogP contribution in [-0.2, 0) is 9.59 Å². The van der Waals surface area contributed by atoms with Gasteiger partial charge in [-0.3, -0.25) is 9.59 Å². The predicted molar refractivity (Wildman–Crippen MR) is 125 cm³/mol. The lowest BCUT2D eigenvalue weighted by molar-refractivity contribution is -0.120. The SMILES string of the molecule is [C-]#[N+]c1ccc(NCC(=O)NC2CCCCC2)c(NC(=O)CCC2(C)CCCCC2)c1. The van der Waals surface area contributed by atoms with Gasteiger partial charge in [0.05, 0.1) is 24.5 Å². The second kappa shape index (κ2) is 11.2. The molecule has 31 heavy (non-hydrogen) atoms. The molecule has 168 valence electrons. The van der Waals surface area contributed by atoms with Gasteiger partial charge in [-0.25, -0.2) is 4.85 Å². The van der Waals surface area contributed by atoms with Crippen LogP contribution in [0.25, 0.3) is 4.85 Å². The first kappa shape index (κ1) is 23.1. The van der Waals surface area contributed by atoms with Crippen LogP contribution in [0, 0.1) is 12.0 Å². The summed E-state index contributed by atoms with van der Waals surface area (Å²) in [7, 11) is 0. The summed E-state index contributed by atoms with van der Waals surface area (Å²) in [5.41, 5.74) is 1.96. The van der Waals surface area contributed by atoms with Gasteiger partial charge in [-0.2, -0.15) is 0 Å². The largest absolute Gasteiger partial charge is 0.375 e. The summed E-state index contributed by atoms with van der Waals surface area (Å²) in [4.78, 5) is 28.5. The summed E-state index contributed by atoms with van der Waals surface area (Å²) in [6, 6.07) is 5.41. The van der Waals surface area contributed by atoms with Crippen LogP contribution in [0.5, 0.6) is 0 Å². The lowest BCUT2D eigenvalue weighted by atomic mass is 9.73. The fourth-order valence-corrected chi connectivity index (χ4v) is 4.84. The number of rotatable bonds is 8. The minimum atomic E-state index is -0.0383. The molecule has 0 saturated heterocycles. The molecule has 2 amide bonds. The first-order chi connectivity index (χ1) is 15.0. The standard InChI is InChI=1S/C25H36N4O2/c1-25(14-7-4-8-15-25)16-13-23(30)29-22-17-20(26-2)11-12-21(22)27-18-24(31)28-19-9-5-3-6-10-19/h11-12,17,19,27H,3-10,13-16,18H2,1H3,(H,28,31)(H,29,30). The third-order valence-electron chi connectivity index (χ3n) is 6.83. The van der Waals surface area contributed by atoms with Crippen LogP contribution in [0.4, 0.5) is 17.1 Å². The van der Waals surface area contributed by atoms with Crippen molar-refractivity contribution in [2.75, 3.05) is 17.2 Å². The van der Waals surface area contributed by atoms with E-state index in [-0.39, 0.29) is 29.8 Å². The highest BCUT2D eigenvalue weighted by atomic mass is 16.2. The van der Waals surface area contributed by atoms with Crippen LogP contribution < -0.4 is 16.0 Å². The molecule has 0 aliphatic heterocycles. The maximum absolute atomic E-state index is 12.7. The van der Waals surface area contributed by atoms with Gasteiger partial charge < -0.3 is 16.0 Å². The maximum Gasteiger partial charge on any atom is 0.239 e. The van der Waals surface area contributed by atoms with Crippen molar-refractivity contribution in [1.29, 1.82) is 0 Å². The normalized spacial score (nSPS) is 18.6. The number of nitrogens with zero attached hydrogens (tertiary/aromatic N) is 1. The molecule has 3 rings (SSSR count). The molecule has 6 heteroatoms. The quantitative estimate of drug-likeness (QED) is 0.463. The molecule has 3 N–H and O–H groups in total. The van der Waals surface area contributed by atoms with E-state index in [1.165, 1.54) is 51.4 Å². The van der Waals surface area contributed by atoms with E-state index in [0.717, 1.165) is 19.3 Å². The van der Waals surface area contributed by atoms with Gasteiger partial charge in [0.2, 0.25) is 11.8 Å². The van der Waals surface area contributed by atoms with Crippen molar-refractivity contribution in [2.45, 2.75) is 90.0 Å². The molecule has 2 saturated carbocycles. The molecule has 2 fully saturated rings. The Hall–Kier alpha value is -2.55. The topological polar surface area (TPSA) is 74.6 Å². The zero-order chi connectivity index (χ0) is 22.1. The first-order valence-corrected chi connectivity index (χ1v) is 11.8. The van der Waals surface area contributed by atoms with Gasteiger partial charge in [0, 0.05) is 12.5 Å². The van der Waals surface area contributed by atoms with Crippen LogP contribution in [0.3, 0.4) is 0 Å². The summed E-state index contributed by atoms with van der Waals surface area (Å²) in [5, 5.41) is 9.21. The summed E-state index contributed by atoms with van der Waals surface area (Å²) < 4.78 is 0. The molecular weight excluding hydrogens is 388 g/mol. The highest BCUT2D eigenvalue weighted by Gasteiger charge is 2.27. The second-order valence-corrected chi connectivity index (χ2v) is 9.52. The molecule has 1 aromatic rings. The van der Waals surface area contributed by atoms with E-state index in [1.54, 1.807) is 18.2 Å². The van der Waals surface area contributed by atoms with Crippen LogP contribution in [0.1, 0.15) is 84.0 Å². The van der Waals surface area contributed by atoms with Gasteiger partial charge in [-0.15, -0.1) is 0 Å². The van der Waals surface area contributed by atoms with Crippen molar-refractivity contribution in [3.8, 4) is 0 Å². The van der Waals surface area contributed by atoms with Crippen molar-refractivity contribution >= 4 is 28.9 Å². The van der Waals surface area contributed by atoms with Crippen LogP contribution in [-0.4, -0.2) is 24.4 Å². The zero-order valence-electron chi connectivity index (χ0n) is 18.8. The van der Waals surface area contributed by atoms with Crippen molar-refractivity contribution in [3.63, 3.8) is 0 Å². The highest BCUT2D eigenvalue weighted by Crippen LogP contribution is 2.39. The fraction of sp³-hybridized carbons (Fsp3) is 0.640. The van der Waals surface area contributed by atoms with Crippen LogP contribution >= 0.6 is 0 Å². The molecule has 0 bridgehead atoms. The van der Waals surface area contributed by atoms with Gasteiger partial charge in [0.15, 0.2) is 5.69 Å². The Kier molecular flexibility index (Phi) is 8.34. The summed E-state index contributed by atoms with van der Waals surface area (Å²) in [6.45, 7) is 9.71. The lowest BCUT2D eigenvalue weighted by Gasteiger charge is -2.33. The Balaban J connectivity index is 1.55. The highest BCUT2D eigenvalue weighted by molar-refractivity contribution is 5.95. The molecular formula is C25H36N4O2. The molecule has 6 nitrogen and oxygen atoms in total. The summed E-state index contributed by atoms with van der Waals surface area (Å²) in [6.07, 6.45) is 13.2. The smallest absolute Gasteiger partial charge is 0.239 e. The van der Waals surface area contributed by atoms with E-state index in [4.69, 9.17) is 6.57 Å². The maximum atomic E-state index is 12.7. The molecule has 0 atom stereocenters. The fourth-order valence-electron chi connectivity index (χ4n) is 4.84. The van der Waals surface area contributed by atoms with E-state index in [1.807, 2.05) is 0 Å². The average Bonchev–Trinajstić information content (AvgIpc) is 2.78. The molecule has 1 aromatic carbocycles. The van der Waals surface area contributed by atoms with E-state index < -0.39 is 0 Å². The third kappa shape index (κ3) is 7.27.